The fraction of sp³-hybridized carbons (Fsp3) is 0.375. The van der Waals surface area contributed by atoms with E-state index in [9.17, 15) is 9.59 Å². The van der Waals surface area contributed by atoms with Gasteiger partial charge in [-0.25, -0.2) is 0 Å². The molecule has 1 amide bonds. The van der Waals surface area contributed by atoms with E-state index in [0.29, 0.717) is 30.7 Å². The van der Waals surface area contributed by atoms with E-state index in [-0.39, 0.29) is 18.3 Å². The quantitative estimate of drug-likeness (QED) is 0.738. The standard InChI is InChI=1S/C16H20N4O3/c1-3-14(21)12-4-6-13(7-5-12)23-10-16(22)17-9-8-15-19-18-11-20(15)2/h4-7,11H,3,8-10H2,1-2H3,(H,17,22). The van der Waals surface area contributed by atoms with Crippen LogP contribution in [-0.4, -0.2) is 39.6 Å². The van der Waals surface area contributed by atoms with E-state index in [4.69, 9.17) is 4.74 Å². The maximum Gasteiger partial charge on any atom is 0.257 e. The van der Waals surface area contributed by atoms with E-state index >= 15 is 0 Å². The lowest BCUT2D eigenvalue weighted by molar-refractivity contribution is -0.123. The van der Waals surface area contributed by atoms with Gasteiger partial charge in [0.1, 0.15) is 17.9 Å². The van der Waals surface area contributed by atoms with Gasteiger partial charge in [0.15, 0.2) is 12.4 Å². The van der Waals surface area contributed by atoms with Gasteiger partial charge in [0.25, 0.3) is 5.91 Å². The van der Waals surface area contributed by atoms with Crippen LogP contribution in [0.3, 0.4) is 0 Å². The first-order chi connectivity index (χ1) is 11.1. The van der Waals surface area contributed by atoms with Crippen molar-refractivity contribution in [2.24, 2.45) is 7.05 Å². The van der Waals surface area contributed by atoms with Crippen LogP contribution in [0.2, 0.25) is 0 Å². The minimum absolute atomic E-state index is 0.0696. The van der Waals surface area contributed by atoms with Crippen molar-refractivity contribution in [1.82, 2.24) is 20.1 Å². The molecule has 0 aliphatic carbocycles. The van der Waals surface area contributed by atoms with E-state index in [0.717, 1.165) is 5.82 Å². The van der Waals surface area contributed by atoms with Gasteiger partial charge >= 0.3 is 0 Å². The second-order valence-corrected chi connectivity index (χ2v) is 5.05. The molecule has 1 heterocycles. The number of nitrogens with zero attached hydrogens (tertiary/aromatic N) is 3. The molecule has 1 N–H and O–H groups in total. The molecule has 0 radical (unpaired) electrons. The minimum atomic E-state index is -0.208. The largest absolute Gasteiger partial charge is 0.484 e. The number of Topliss-reactive ketones (excluding diaryl/α,β-unsaturated/α-hetero) is 1. The molecule has 0 saturated heterocycles. The van der Waals surface area contributed by atoms with Crippen LogP contribution in [0.5, 0.6) is 5.75 Å². The van der Waals surface area contributed by atoms with Crippen molar-refractivity contribution in [3.8, 4) is 5.75 Å². The molecule has 0 unspecified atom stereocenters. The van der Waals surface area contributed by atoms with Gasteiger partial charge in [0.2, 0.25) is 0 Å². The second kappa shape index (κ2) is 8.07. The van der Waals surface area contributed by atoms with Gasteiger partial charge in [0, 0.05) is 32.0 Å². The number of ether oxygens (including phenoxy) is 1. The summed E-state index contributed by atoms with van der Waals surface area (Å²) in [7, 11) is 1.85. The molecule has 1 aromatic heterocycles. The van der Waals surface area contributed by atoms with Crippen LogP contribution in [0.25, 0.3) is 0 Å². The van der Waals surface area contributed by atoms with Gasteiger partial charge in [-0.3, -0.25) is 9.59 Å². The summed E-state index contributed by atoms with van der Waals surface area (Å²) in [4.78, 5) is 23.2. The third kappa shape index (κ3) is 4.91. The maximum atomic E-state index is 11.7. The Hall–Kier alpha value is -2.70. The molecule has 0 bridgehead atoms. The van der Waals surface area contributed by atoms with Gasteiger partial charge in [0.05, 0.1) is 0 Å². The van der Waals surface area contributed by atoms with Crippen molar-refractivity contribution >= 4 is 11.7 Å². The highest BCUT2D eigenvalue weighted by atomic mass is 16.5. The van der Waals surface area contributed by atoms with Crippen LogP contribution in [0.4, 0.5) is 0 Å². The van der Waals surface area contributed by atoms with Crippen molar-refractivity contribution in [2.45, 2.75) is 19.8 Å². The van der Waals surface area contributed by atoms with Crippen LogP contribution in [0.15, 0.2) is 30.6 Å². The monoisotopic (exact) mass is 316 g/mol. The SMILES string of the molecule is CCC(=O)c1ccc(OCC(=O)NCCc2nncn2C)cc1. The zero-order chi connectivity index (χ0) is 16.7. The average molecular weight is 316 g/mol. The first-order valence-electron chi connectivity index (χ1n) is 7.45. The summed E-state index contributed by atoms with van der Waals surface area (Å²) < 4.78 is 7.20. The van der Waals surface area contributed by atoms with Gasteiger partial charge in [-0.05, 0) is 24.3 Å². The van der Waals surface area contributed by atoms with Crippen molar-refractivity contribution in [1.29, 1.82) is 0 Å². The van der Waals surface area contributed by atoms with E-state index in [2.05, 4.69) is 15.5 Å². The van der Waals surface area contributed by atoms with Gasteiger partial charge in [-0.1, -0.05) is 6.92 Å². The molecular formula is C16H20N4O3. The Kier molecular flexibility index (Phi) is 5.85. The molecule has 0 saturated carbocycles. The number of benzene rings is 1. The summed E-state index contributed by atoms with van der Waals surface area (Å²) in [6.45, 7) is 2.22. The van der Waals surface area contributed by atoms with Crippen LogP contribution >= 0.6 is 0 Å². The van der Waals surface area contributed by atoms with Crippen LogP contribution in [-0.2, 0) is 18.3 Å². The van der Waals surface area contributed by atoms with Crippen molar-refractivity contribution in [3.63, 3.8) is 0 Å². The fourth-order valence-electron chi connectivity index (χ4n) is 1.99. The summed E-state index contributed by atoms with van der Waals surface area (Å²) in [5, 5.41) is 10.5. The highest BCUT2D eigenvalue weighted by molar-refractivity contribution is 5.95. The average Bonchev–Trinajstić information content (AvgIpc) is 2.98. The predicted molar refractivity (Wildman–Crippen MR) is 84.3 cm³/mol. The lowest BCUT2D eigenvalue weighted by Gasteiger charge is -2.08. The molecule has 0 aliphatic heterocycles. The number of nitrogens with one attached hydrogen (secondary N) is 1. The van der Waals surface area contributed by atoms with E-state index in [1.807, 2.05) is 18.5 Å². The number of ketones is 1. The Morgan fingerprint density at radius 2 is 2.00 bits per heavy atom. The number of carbonyl (C=O) groups is 2. The molecule has 7 heteroatoms. The topological polar surface area (TPSA) is 86.1 Å². The molecule has 2 aromatic rings. The summed E-state index contributed by atoms with van der Waals surface area (Å²) >= 11 is 0. The Labute approximate surface area is 134 Å². The normalized spacial score (nSPS) is 10.3. The number of amides is 1. The highest BCUT2D eigenvalue weighted by Gasteiger charge is 2.06. The van der Waals surface area contributed by atoms with Crippen LogP contribution < -0.4 is 10.1 Å². The van der Waals surface area contributed by atoms with Crippen LogP contribution in [0.1, 0.15) is 29.5 Å². The molecule has 23 heavy (non-hydrogen) atoms. The number of hydrogen-bond donors (Lipinski definition) is 1. The van der Waals surface area contributed by atoms with Crippen molar-refractivity contribution in [3.05, 3.63) is 42.0 Å². The maximum absolute atomic E-state index is 11.7. The molecule has 7 nitrogen and oxygen atoms in total. The predicted octanol–water partition coefficient (Wildman–Crippen LogP) is 1.15. The molecule has 0 aliphatic rings. The van der Waals surface area contributed by atoms with E-state index in [1.54, 1.807) is 30.6 Å². The molecule has 122 valence electrons. The number of rotatable bonds is 8. The fourth-order valence-corrected chi connectivity index (χ4v) is 1.99. The Morgan fingerprint density at radius 1 is 1.26 bits per heavy atom. The Bertz CT molecular complexity index is 664. The zero-order valence-electron chi connectivity index (χ0n) is 13.3. The number of carbonyl (C=O) groups excluding carboxylic acids is 2. The Morgan fingerprint density at radius 3 is 2.61 bits per heavy atom. The van der Waals surface area contributed by atoms with E-state index < -0.39 is 0 Å². The number of aryl methyl sites for hydroxylation is 1. The third-order valence-corrected chi connectivity index (χ3v) is 3.34. The molecule has 0 atom stereocenters. The highest BCUT2D eigenvalue weighted by Crippen LogP contribution is 2.13. The van der Waals surface area contributed by atoms with Gasteiger partial charge in [-0.15, -0.1) is 10.2 Å². The van der Waals surface area contributed by atoms with Crippen molar-refractivity contribution in [2.75, 3.05) is 13.2 Å². The first-order valence-corrected chi connectivity index (χ1v) is 7.45. The summed E-state index contributed by atoms with van der Waals surface area (Å²) in [6.07, 6.45) is 2.69. The lowest BCUT2D eigenvalue weighted by atomic mass is 10.1. The Balaban J connectivity index is 1.71. The molecule has 1 aromatic carbocycles. The number of hydrogen-bond acceptors (Lipinski definition) is 5. The van der Waals surface area contributed by atoms with E-state index in [1.165, 1.54) is 0 Å². The summed E-state index contributed by atoms with van der Waals surface area (Å²) in [5.41, 5.74) is 0.646. The minimum Gasteiger partial charge on any atom is -0.484 e. The van der Waals surface area contributed by atoms with Gasteiger partial charge in [-0.2, -0.15) is 0 Å². The number of aromatic nitrogens is 3. The first kappa shape index (κ1) is 16.7. The summed E-state index contributed by atoms with van der Waals surface area (Å²) in [5.74, 6) is 1.24. The molecule has 0 fully saturated rings. The molecule has 2 rings (SSSR count). The van der Waals surface area contributed by atoms with Crippen LogP contribution in [0, 0.1) is 0 Å². The molecular weight excluding hydrogens is 296 g/mol. The summed E-state index contributed by atoms with van der Waals surface area (Å²) in [6, 6.07) is 6.78. The second-order valence-electron chi connectivity index (χ2n) is 5.05. The van der Waals surface area contributed by atoms with Crippen molar-refractivity contribution < 1.29 is 14.3 Å². The smallest absolute Gasteiger partial charge is 0.257 e. The zero-order valence-corrected chi connectivity index (χ0v) is 13.3. The van der Waals surface area contributed by atoms with Gasteiger partial charge < -0.3 is 14.6 Å². The third-order valence-electron chi connectivity index (χ3n) is 3.34. The lowest BCUT2D eigenvalue weighted by Crippen LogP contribution is -2.31. The molecule has 0 spiro atoms.